The monoisotopic (exact) mass is 298 g/mol. The summed E-state index contributed by atoms with van der Waals surface area (Å²) in [6.07, 6.45) is 3.31. The Labute approximate surface area is 133 Å². The minimum atomic E-state index is 0.693. The molecule has 1 aromatic rings. The molecule has 2 rings (SSSR count). The molecule has 1 aromatic carbocycles. The number of allylic oxidation sites excluding steroid dienone is 2. The van der Waals surface area contributed by atoms with Crippen molar-refractivity contribution in [3.8, 4) is 0 Å². The molecule has 0 fully saturated rings. The highest BCUT2D eigenvalue weighted by atomic mass is 15.4. The van der Waals surface area contributed by atoms with Gasteiger partial charge in [-0.15, -0.1) is 0 Å². The highest BCUT2D eigenvalue weighted by Gasteiger charge is 2.26. The van der Waals surface area contributed by atoms with Gasteiger partial charge in [0, 0.05) is 24.0 Å². The van der Waals surface area contributed by atoms with Crippen LogP contribution in [0, 0.1) is 6.92 Å². The minimum absolute atomic E-state index is 0.693. The maximum atomic E-state index is 6.43. The summed E-state index contributed by atoms with van der Waals surface area (Å²) in [4.78, 5) is 2.11. The van der Waals surface area contributed by atoms with Crippen LogP contribution in [0.4, 0.5) is 11.4 Å². The summed E-state index contributed by atoms with van der Waals surface area (Å²) in [7, 11) is 0. The Kier molecular flexibility index (Phi) is 4.62. The van der Waals surface area contributed by atoms with Crippen LogP contribution in [0.25, 0.3) is 0 Å². The van der Waals surface area contributed by atoms with Gasteiger partial charge in [-0.2, -0.15) is 0 Å². The topological polar surface area (TPSA) is 58.5 Å². The second-order valence-corrected chi connectivity index (χ2v) is 5.86. The van der Waals surface area contributed by atoms with E-state index in [4.69, 9.17) is 11.6 Å². The predicted molar refractivity (Wildman–Crippen MR) is 95.0 cm³/mol. The fraction of sp³-hybridized carbons (Fsp3) is 0.333. The Bertz CT molecular complexity index is 651. The van der Waals surface area contributed by atoms with E-state index in [1.165, 1.54) is 11.3 Å². The van der Waals surface area contributed by atoms with Gasteiger partial charge in [-0.25, -0.2) is 5.84 Å². The van der Waals surface area contributed by atoms with Gasteiger partial charge in [-0.3, -0.25) is 5.01 Å². The molecule has 4 nitrogen and oxygen atoms in total. The summed E-state index contributed by atoms with van der Waals surface area (Å²) < 4.78 is 0. The minimum Gasteiger partial charge on any atom is -0.401 e. The number of nitrogens with zero attached hydrogens (tertiary/aromatic N) is 2. The standard InChI is InChI=1S/C18H26N4/c1-6-14(19)17-11-16(12(3)4)21(7-2)15-9-8-13(5)10-18(15)22(17)20/h7-10H,2,6,11,19-20H2,1,3-5H3/b17-14-. The second kappa shape index (κ2) is 6.28. The Hall–Kier alpha value is -2.20. The summed E-state index contributed by atoms with van der Waals surface area (Å²) in [5.74, 6) is 6.43. The highest BCUT2D eigenvalue weighted by Crippen LogP contribution is 2.40. The van der Waals surface area contributed by atoms with Gasteiger partial charge in [0.05, 0.1) is 17.1 Å². The number of hydrogen-bond acceptors (Lipinski definition) is 4. The molecule has 1 aliphatic heterocycles. The zero-order valence-corrected chi connectivity index (χ0v) is 14.0. The van der Waals surface area contributed by atoms with E-state index in [1.54, 1.807) is 5.01 Å². The lowest BCUT2D eigenvalue weighted by Gasteiger charge is -2.24. The number of benzene rings is 1. The number of hydrazine groups is 1. The van der Waals surface area contributed by atoms with Crippen LogP contribution in [0.2, 0.25) is 0 Å². The van der Waals surface area contributed by atoms with Crippen LogP contribution in [0.5, 0.6) is 0 Å². The van der Waals surface area contributed by atoms with Crippen LogP contribution in [0.3, 0.4) is 0 Å². The smallest absolute Gasteiger partial charge is 0.0815 e. The fourth-order valence-corrected chi connectivity index (χ4v) is 2.75. The van der Waals surface area contributed by atoms with E-state index in [-0.39, 0.29) is 0 Å². The Morgan fingerprint density at radius 1 is 1.27 bits per heavy atom. The zero-order chi connectivity index (χ0) is 16.4. The lowest BCUT2D eigenvalue weighted by atomic mass is 10.1. The van der Waals surface area contributed by atoms with Gasteiger partial charge >= 0.3 is 0 Å². The van der Waals surface area contributed by atoms with E-state index in [0.29, 0.717) is 6.42 Å². The Balaban J connectivity index is 2.79. The lowest BCUT2D eigenvalue weighted by molar-refractivity contribution is 0.872. The summed E-state index contributed by atoms with van der Waals surface area (Å²) in [6.45, 7) is 12.3. The largest absolute Gasteiger partial charge is 0.401 e. The van der Waals surface area contributed by atoms with Crippen molar-refractivity contribution in [2.45, 2.75) is 40.5 Å². The number of hydrogen-bond donors (Lipinski definition) is 2. The summed E-state index contributed by atoms with van der Waals surface area (Å²) >= 11 is 0. The zero-order valence-electron chi connectivity index (χ0n) is 14.0. The molecule has 1 aliphatic rings. The lowest BCUT2D eigenvalue weighted by Crippen LogP contribution is -2.32. The first-order valence-corrected chi connectivity index (χ1v) is 7.61. The summed E-state index contributed by atoms with van der Waals surface area (Å²) in [5, 5.41) is 1.73. The molecule has 0 unspecified atom stereocenters. The fourth-order valence-electron chi connectivity index (χ4n) is 2.75. The molecular weight excluding hydrogens is 272 g/mol. The maximum Gasteiger partial charge on any atom is 0.0815 e. The van der Waals surface area contributed by atoms with E-state index < -0.39 is 0 Å². The van der Waals surface area contributed by atoms with Gasteiger partial charge < -0.3 is 10.6 Å². The molecule has 1 heterocycles. The number of fused-ring (bicyclic) bond motifs is 1. The number of anilines is 2. The molecule has 0 aromatic heterocycles. The van der Waals surface area contributed by atoms with Gasteiger partial charge in [-0.05, 0) is 44.9 Å². The molecule has 0 aliphatic carbocycles. The van der Waals surface area contributed by atoms with E-state index >= 15 is 0 Å². The van der Waals surface area contributed by atoms with Gasteiger partial charge in [0.1, 0.15) is 0 Å². The molecular formula is C18H26N4. The quantitative estimate of drug-likeness (QED) is 0.813. The third-order valence-corrected chi connectivity index (χ3v) is 4.08. The molecule has 22 heavy (non-hydrogen) atoms. The third kappa shape index (κ3) is 2.74. The number of aryl methyl sites for hydroxylation is 1. The molecule has 118 valence electrons. The summed E-state index contributed by atoms with van der Waals surface area (Å²) in [6, 6.07) is 6.26. The average Bonchev–Trinajstić information content (AvgIpc) is 2.61. The molecule has 0 atom stereocenters. The van der Waals surface area contributed by atoms with Gasteiger partial charge in [0.2, 0.25) is 0 Å². The van der Waals surface area contributed by atoms with Crippen molar-refractivity contribution >= 4 is 11.4 Å². The van der Waals surface area contributed by atoms with Crippen LogP contribution in [-0.2, 0) is 0 Å². The van der Waals surface area contributed by atoms with E-state index in [2.05, 4.69) is 50.4 Å². The van der Waals surface area contributed by atoms with E-state index in [1.807, 2.05) is 13.1 Å². The molecule has 0 spiro atoms. The van der Waals surface area contributed by atoms with Crippen LogP contribution < -0.4 is 21.5 Å². The molecule has 0 bridgehead atoms. The van der Waals surface area contributed by atoms with E-state index in [0.717, 1.165) is 34.8 Å². The molecule has 0 saturated heterocycles. The molecule has 0 radical (unpaired) electrons. The molecule has 4 N–H and O–H groups in total. The first-order chi connectivity index (χ1) is 10.4. The van der Waals surface area contributed by atoms with Gasteiger partial charge in [0.15, 0.2) is 0 Å². The average molecular weight is 298 g/mol. The SMILES string of the molecule is C=CN1C(=C(C)C)C/C(=C(/N)CC)N(N)c2cc(C)ccc21. The van der Waals surface area contributed by atoms with Crippen molar-refractivity contribution in [2.24, 2.45) is 11.6 Å². The molecule has 0 amide bonds. The van der Waals surface area contributed by atoms with E-state index in [9.17, 15) is 0 Å². The highest BCUT2D eigenvalue weighted by molar-refractivity contribution is 5.79. The Morgan fingerprint density at radius 2 is 1.95 bits per heavy atom. The second-order valence-electron chi connectivity index (χ2n) is 5.86. The van der Waals surface area contributed by atoms with Crippen molar-refractivity contribution in [3.05, 3.63) is 59.2 Å². The maximum absolute atomic E-state index is 6.43. The number of rotatable bonds is 2. The van der Waals surface area contributed by atoms with Crippen LogP contribution in [0.1, 0.15) is 39.2 Å². The Morgan fingerprint density at radius 3 is 2.50 bits per heavy atom. The van der Waals surface area contributed by atoms with Crippen LogP contribution >= 0.6 is 0 Å². The van der Waals surface area contributed by atoms with Crippen molar-refractivity contribution < 1.29 is 0 Å². The first kappa shape index (κ1) is 16.2. The third-order valence-electron chi connectivity index (χ3n) is 4.08. The molecule has 4 heteroatoms. The van der Waals surface area contributed by atoms with Gasteiger partial charge in [0.25, 0.3) is 0 Å². The normalized spacial score (nSPS) is 17.0. The van der Waals surface area contributed by atoms with Crippen molar-refractivity contribution in [2.75, 3.05) is 9.91 Å². The van der Waals surface area contributed by atoms with Crippen molar-refractivity contribution in [1.82, 2.24) is 0 Å². The van der Waals surface area contributed by atoms with Crippen LogP contribution in [-0.4, -0.2) is 0 Å². The first-order valence-electron chi connectivity index (χ1n) is 7.61. The van der Waals surface area contributed by atoms with Crippen molar-refractivity contribution in [3.63, 3.8) is 0 Å². The van der Waals surface area contributed by atoms with Crippen LogP contribution in [0.15, 0.2) is 53.6 Å². The number of nitrogens with two attached hydrogens (primary N) is 2. The van der Waals surface area contributed by atoms with Gasteiger partial charge in [-0.1, -0.05) is 25.1 Å². The predicted octanol–water partition coefficient (Wildman–Crippen LogP) is 3.90. The summed E-state index contributed by atoms with van der Waals surface area (Å²) in [5.41, 5.74) is 13.5. The van der Waals surface area contributed by atoms with Crippen molar-refractivity contribution in [1.29, 1.82) is 0 Å². The molecule has 0 saturated carbocycles.